The Morgan fingerprint density at radius 1 is 1.17 bits per heavy atom. The molecule has 0 bridgehead atoms. The van der Waals surface area contributed by atoms with Crippen molar-refractivity contribution < 1.29 is 4.74 Å². The molecule has 4 heterocycles. The molecular formula is C26H36N8O. The number of ether oxygens (including phenoxy) is 1. The van der Waals surface area contributed by atoms with Gasteiger partial charge in [-0.05, 0) is 36.0 Å². The third kappa shape index (κ3) is 4.39. The molecule has 0 saturated carbocycles. The van der Waals surface area contributed by atoms with Gasteiger partial charge < -0.3 is 19.5 Å². The van der Waals surface area contributed by atoms with Gasteiger partial charge in [0.25, 0.3) is 0 Å². The summed E-state index contributed by atoms with van der Waals surface area (Å²) in [6, 6.07) is 6.59. The lowest BCUT2D eigenvalue weighted by molar-refractivity contribution is 0.0294. The van der Waals surface area contributed by atoms with Crippen molar-refractivity contribution in [1.82, 2.24) is 24.5 Å². The fraction of sp³-hybridized carbons (Fsp3) is 0.538. The van der Waals surface area contributed by atoms with Crippen LogP contribution in [0.15, 0.2) is 29.6 Å². The molecule has 186 valence electrons. The fourth-order valence-corrected chi connectivity index (χ4v) is 4.85. The highest BCUT2D eigenvalue weighted by Crippen LogP contribution is 2.33. The lowest BCUT2D eigenvalue weighted by atomic mass is 9.86. The molecular weight excluding hydrogens is 440 g/mol. The van der Waals surface area contributed by atoms with Gasteiger partial charge in [0.05, 0.1) is 6.33 Å². The maximum absolute atomic E-state index is 6.10. The minimum absolute atomic E-state index is 0.0334. The van der Waals surface area contributed by atoms with E-state index in [1.807, 2.05) is 23.7 Å². The largest absolute Gasteiger partial charge is 0.454 e. The lowest BCUT2D eigenvalue weighted by Gasteiger charge is -2.24. The molecule has 2 aliphatic rings. The summed E-state index contributed by atoms with van der Waals surface area (Å²) in [6.45, 7) is 12.6. The van der Waals surface area contributed by atoms with E-state index in [1.54, 1.807) is 6.33 Å². The van der Waals surface area contributed by atoms with Crippen molar-refractivity contribution in [2.75, 3.05) is 30.4 Å². The molecule has 1 N–H and O–H groups in total. The maximum atomic E-state index is 6.10. The number of aryl methyl sites for hydroxylation is 2. The van der Waals surface area contributed by atoms with Crippen molar-refractivity contribution in [3.63, 3.8) is 0 Å². The Balaban J connectivity index is 1.45. The average Bonchev–Trinajstić information content (AvgIpc) is 3.53. The lowest BCUT2D eigenvalue weighted by Crippen LogP contribution is -2.35. The van der Waals surface area contributed by atoms with E-state index >= 15 is 0 Å². The van der Waals surface area contributed by atoms with Crippen LogP contribution in [0, 0.1) is 12.8 Å². The molecule has 2 aliphatic heterocycles. The number of anilines is 3. The Morgan fingerprint density at radius 2 is 1.97 bits per heavy atom. The Morgan fingerprint density at radius 3 is 2.69 bits per heavy atom. The first-order valence-electron chi connectivity index (χ1n) is 12.4. The van der Waals surface area contributed by atoms with Crippen LogP contribution in [-0.4, -0.2) is 56.8 Å². The molecule has 1 fully saturated rings. The number of hydrogen-bond donors (Lipinski definition) is 1. The third-order valence-corrected chi connectivity index (χ3v) is 7.02. The smallest absolute Gasteiger partial charge is 0.229 e. The van der Waals surface area contributed by atoms with Gasteiger partial charge in [0, 0.05) is 45.2 Å². The van der Waals surface area contributed by atoms with Gasteiger partial charge in [0.2, 0.25) is 11.8 Å². The minimum Gasteiger partial charge on any atom is -0.454 e. The van der Waals surface area contributed by atoms with Crippen LogP contribution in [0.5, 0.6) is 0 Å². The molecule has 0 amide bonds. The molecule has 5 rings (SSSR count). The normalized spacial score (nSPS) is 20.5. The summed E-state index contributed by atoms with van der Waals surface area (Å²) in [7, 11) is 3.97. The predicted molar refractivity (Wildman–Crippen MR) is 140 cm³/mol. The molecule has 0 aliphatic carbocycles. The number of benzene rings is 1. The van der Waals surface area contributed by atoms with E-state index < -0.39 is 0 Å². The molecule has 35 heavy (non-hydrogen) atoms. The zero-order chi connectivity index (χ0) is 24.9. The fourth-order valence-electron chi connectivity index (χ4n) is 4.85. The maximum Gasteiger partial charge on any atom is 0.229 e. The SMILES string of the molecule is CCC1=NN(C)C(C2CCN(c3nc(Nc4cc(C(C)(C)C)ccc4C)c4c(ncn4C)n3)C2)O1. The second-order valence-electron chi connectivity index (χ2n) is 10.7. The van der Waals surface area contributed by atoms with E-state index in [0.29, 0.717) is 17.5 Å². The van der Waals surface area contributed by atoms with Crippen LogP contribution in [0.3, 0.4) is 0 Å². The second kappa shape index (κ2) is 8.70. The monoisotopic (exact) mass is 476 g/mol. The van der Waals surface area contributed by atoms with Gasteiger partial charge in [-0.15, -0.1) is 5.10 Å². The zero-order valence-electron chi connectivity index (χ0n) is 21.8. The van der Waals surface area contributed by atoms with E-state index in [9.17, 15) is 0 Å². The number of nitrogens with zero attached hydrogens (tertiary/aromatic N) is 7. The Labute approximate surface area is 207 Å². The number of fused-ring (bicyclic) bond motifs is 1. The summed E-state index contributed by atoms with van der Waals surface area (Å²) in [5.41, 5.74) is 5.14. The van der Waals surface area contributed by atoms with Crippen molar-refractivity contribution in [2.24, 2.45) is 18.1 Å². The van der Waals surface area contributed by atoms with Gasteiger partial charge in [-0.1, -0.05) is 39.8 Å². The molecule has 0 radical (unpaired) electrons. The van der Waals surface area contributed by atoms with Crippen molar-refractivity contribution in [2.45, 2.75) is 59.1 Å². The number of aromatic nitrogens is 4. The van der Waals surface area contributed by atoms with Gasteiger partial charge >= 0.3 is 0 Å². The Hall–Kier alpha value is -3.36. The Kier molecular flexibility index (Phi) is 5.81. The van der Waals surface area contributed by atoms with E-state index in [4.69, 9.17) is 14.7 Å². The number of rotatable bonds is 5. The number of nitrogens with one attached hydrogen (secondary N) is 1. The van der Waals surface area contributed by atoms with Crippen molar-refractivity contribution in [3.05, 3.63) is 35.7 Å². The van der Waals surface area contributed by atoms with Crippen LogP contribution < -0.4 is 10.2 Å². The van der Waals surface area contributed by atoms with E-state index in [0.717, 1.165) is 48.9 Å². The van der Waals surface area contributed by atoms with Crippen LogP contribution in [0.25, 0.3) is 11.2 Å². The topological polar surface area (TPSA) is 83.7 Å². The van der Waals surface area contributed by atoms with E-state index in [-0.39, 0.29) is 11.6 Å². The minimum atomic E-state index is -0.0334. The van der Waals surface area contributed by atoms with Crippen LogP contribution in [0.1, 0.15) is 51.7 Å². The van der Waals surface area contributed by atoms with Crippen molar-refractivity contribution in [3.8, 4) is 0 Å². The van der Waals surface area contributed by atoms with Crippen LogP contribution in [0.4, 0.5) is 17.5 Å². The van der Waals surface area contributed by atoms with Gasteiger partial charge in [0.1, 0.15) is 5.52 Å². The first-order valence-corrected chi connectivity index (χ1v) is 12.4. The highest BCUT2D eigenvalue weighted by Gasteiger charge is 2.38. The first-order chi connectivity index (χ1) is 16.6. The number of imidazole rings is 1. The van der Waals surface area contributed by atoms with Gasteiger partial charge in [-0.25, -0.2) is 4.98 Å². The molecule has 2 unspecified atom stereocenters. The van der Waals surface area contributed by atoms with Crippen molar-refractivity contribution >= 4 is 34.5 Å². The average molecular weight is 477 g/mol. The first kappa shape index (κ1) is 23.4. The van der Waals surface area contributed by atoms with E-state index in [1.165, 1.54) is 11.1 Å². The van der Waals surface area contributed by atoms with Crippen LogP contribution in [-0.2, 0) is 17.2 Å². The van der Waals surface area contributed by atoms with Crippen LogP contribution >= 0.6 is 0 Å². The Bertz CT molecular complexity index is 1270. The summed E-state index contributed by atoms with van der Waals surface area (Å²) in [6.07, 6.45) is 3.57. The summed E-state index contributed by atoms with van der Waals surface area (Å²) in [5.74, 6) is 2.61. The zero-order valence-corrected chi connectivity index (χ0v) is 21.8. The predicted octanol–water partition coefficient (Wildman–Crippen LogP) is 4.55. The highest BCUT2D eigenvalue weighted by atomic mass is 16.5. The number of hydrogen-bond acceptors (Lipinski definition) is 8. The summed E-state index contributed by atoms with van der Waals surface area (Å²) in [4.78, 5) is 16.6. The molecule has 0 spiro atoms. The van der Waals surface area contributed by atoms with E-state index in [2.05, 4.69) is 73.1 Å². The highest BCUT2D eigenvalue weighted by molar-refractivity contribution is 5.87. The molecule has 2 aromatic heterocycles. The molecule has 1 saturated heterocycles. The second-order valence-corrected chi connectivity index (χ2v) is 10.7. The summed E-state index contributed by atoms with van der Waals surface area (Å²) >= 11 is 0. The standard InChI is InChI=1S/C26H36N8O/c1-8-20-31-33(7)24(35-20)17-11-12-34(14-17)25-29-22-21(32(6)15-27-22)23(30-25)28-19-13-18(26(3,4)5)10-9-16(19)2/h9-10,13,15,17,24H,8,11-12,14H2,1-7H3,(H,28,29,30). The van der Waals surface area contributed by atoms with Crippen LogP contribution in [0.2, 0.25) is 0 Å². The molecule has 1 aromatic carbocycles. The molecule has 3 aromatic rings. The van der Waals surface area contributed by atoms with Gasteiger partial charge in [-0.2, -0.15) is 9.97 Å². The quantitative estimate of drug-likeness (QED) is 0.578. The summed E-state index contributed by atoms with van der Waals surface area (Å²) < 4.78 is 8.07. The third-order valence-electron chi connectivity index (χ3n) is 7.02. The van der Waals surface area contributed by atoms with Gasteiger partial charge in [0.15, 0.2) is 17.7 Å². The van der Waals surface area contributed by atoms with Gasteiger partial charge in [-0.3, -0.25) is 5.01 Å². The summed E-state index contributed by atoms with van der Waals surface area (Å²) in [5, 5.41) is 10.1. The number of hydrazone groups is 1. The molecule has 9 nitrogen and oxygen atoms in total. The molecule has 2 atom stereocenters. The van der Waals surface area contributed by atoms with Crippen molar-refractivity contribution in [1.29, 1.82) is 0 Å². The molecule has 9 heteroatoms.